The van der Waals surface area contributed by atoms with Crippen LogP contribution >= 0.6 is 15.9 Å². The molecule has 78 valence electrons. The van der Waals surface area contributed by atoms with E-state index in [9.17, 15) is 18.0 Å². The average molecular weight is 273 g/mol. The Morgan fingerprint density at radius 3 is 2.29 bits per heavy atom. The van der Waals surface area contributed by atoms with Crippen LogP contribution in [0.4, 0.5) is 13.2 Å². The standard InChI is InChI=1S/C7H4BrF3O3/c1-2-3(6(12)13)4(5(8)14-2)7(9,10)11/h1H3,(H,12,13). The van der Waals surface area contributed by atoms with Crippen LogP contribution in [0.5, 0.6) is 0 Å². The van der Waals surface area contributed by atoms with E-state index in [4.69, 9.17) is 5.11 Å². The molecular formula is C7H4BrF3O3. The minimum Gasteiger partial charge on any atom is -0.478 e. The van der Waals surface area contributed by atoms with Crippen LogP contribution in [-0.2, 0) is 6.18 Å². The number of alkyl halides is 3. The lowest BCUT2D eigenvalue weighted by Gasteiger charge is -2.04. The van der Waals surface area contributed by atoms with Crippen molar-refractivity contribution in [2.75, 3.05) is 0 Å². The number of carbonyl (C=O) groups is 1. The van der Waals surface area contributed by atoms with Crippen LogP contribution in [-0.4, -0.2) is 11.1 Å². The molecular weight excluding hydrogens is 269 g/mol. The van der Waals surface area contributed by atoms with Gasteiger partial charge >= 0.3 is 12.1 Å². The highest BCUT2D eigenvalue weighted by Crippen LogP contribution is 2.40. The zero-order valence-corrected chi connectivity index (χ0v) is 8.36. The number of halogens is 4. The minimum atomic E-state index is -4.75. The second-order valence-corrected chi connectivity index (χ2v) is 3.21. The van der Waals surface area contributed by atoms with E-state index in [2.05, 4.69) is 20.3 Å². The molecule has 1 heterocycles. The molecule has 0 aromatic carbocycles. The third-order valence-electron chi connectivity index (χ3n) is 1.54. The Morgan fingerprint density at radius 1 is 1.50 bits per heavy atom. The predicted molar refractivity (Wildman–Crippen MR) is 43.1 cm³/mol. The van der Waals surface area contributed by atoms with Crippen LogP contribution < -0.4 is 0 Å². The fourth-order valence-corrected chi connectivity index (χ4v) is 1.69. The maximum absolute atomic E-state index is 12.3. The zero-order valence-electron chi connectivity index (χ0n) is 6.78. The maximum Gasteiger partial charge on any atom is 0.421 e. The van der Waals surface area contributed by atoms with Gasteiger partial charge in [-0.2, -0.15) is 13.2 Å². The second kappa shape index (κ2) is 3.30. The van der Waals surface area contributed by atoms with Gasteiger partial charge in [0.15, 0.2) is 4.67 Å². The number of furan rings is 1. The van der Waals surface area contributed by atoms with Crippen LogP contribution in [0.1, 0.15) is 21.7 Å². The first-order chi connectivity index (χ1) is 6.25. The summed E-state index contributed by atoms with van der Waals surface area (Å²) < 4.78 is 40.9. The third-order valence-corrected chi connectivity index (χ3v) is 2.10. The Bertz CT molecular complexity index is 380. The van der Waals surface area contributed by atoms with Gasteiger partial charge in [-0.15, -0.1) is 0 Å². The molecule has 7 heteroatoms. The molecule has 1 N–H and O–H groups in total. The van der Waals surface area contributed by atoms with Crippen molar-refractivity contribution in [2.24, 2.45) is 0 Å². The molecule has 1 rings (SSSR count). The Morgan fingerprint density at radius 2 is 2.00 bits per heavy atom. The van der Waals surface area contributed by atoms with E-state index in [0.29, 0.717) is 0 Å². The minimum absolute atomic E-state index is 0.281. The highest BCUT2D eigenvalue weighted by Gasteiger charge is 2.41. The lowest BCUT2D eigenvalue weighted by molar-refractivity contribution is -0.139. The first-order valence-electron chi connectivity index (χ1n) is 3.34. The summed E-state index contributed by atoms with van der Waals surface area (Å²) in [5.41, 5.74) is -2.15. The smallest absolute Gasteiger partial charge is 0.421 e. The van der Waals surface area contributed by atoms with Crippen molar-refractivity contribution >= 4 is 21.9 Å². The van der Waals surface area contributed by atoms with Crippen molar-refractivity contribution in [2.45, 2.75) is 13.1 Å². The second-order valence-electron chi connectivity index (χ2n) is 2.48. The van der Waals surface area contributed by atoms with Gasteiger partial charge in [0.05, 0.1) is 0 Å². The summed E-state index contributed by atoms with van der Waals surface area (Å²) in [5.74, 6) is -1.94. The van der Waals surface area contributed by atoms with Crippen molar-refractivity contribution in [3.05, 3.63) is 21.6 Å². The molecule has 0 aliphatic rings. The molecule has 0 saturated heterocycles. The van der Waals surface area contributed by atoms with Gasteiger partial charge in [-0.3, -0.25) is 0 Å². The monoisotopic (exact) mass is 272 g/mol. The number of hydrogen-bond donors (Lipinski definition) is 1. The zero-order chi connectivity index (χ0) is 11.1. The summed E-state index contributed by atoms with van der Waals surface area (Å²) in [4.78, 5) is 10.5. The Balaban J connectivity index is 3.48. The molecule has 0 bridgehead atoms. The molecule has 0 radical (unpaired) electrons. The number of carboxylic acids is 1. The summed E-state index contributed by atoms with van der Waals surface area (Å²) in [7, 11) is 0. The predicted octanol–water partition coefficient (Wildman–Crippen LogP) is 3.07. The SMILES string of the molecule is Cc1oc(Br)c(C(F)(F)F)c1C(=O)O. The fraction of sp³-hybridized carbons (Fsp3) is 0.286. The van der Waals surface area contributed by atoms with Gasteiger partial charge in [0.1, 0.15) is 16.9 Å². The average Bonchev–Trinajstić information content (AvgIpc) is 2.23. The van der Waals surface area contributed by atoms with Crippen LogP contribution in [0.15, 0.2) is 9.09 Å². The first kappa shape index (κ1) is 11.1. The lowest BCUT2D eigenvalue weighted by Crippen LogP contribution is -2.11. The summed E-state index contributed by atoms with van der Waals surface area (Å²) in [6.45, 7) is 1.16. The van der Waals surface area contributed by atoms with Gasteiger partial charge < -0.3 is 9.52 Å². The van der Waals surface area contributed by atoms with Crippen LogP contribution in [0, 0.1) is 6.92 Å². The summed E-state index contributed by atoms with van der Waals surface area (Å²) in [6.07, 6.45) is -4.75. The Labute approximate surface area is 84.6 Å². The highest BCUT2D eigenvalue weighted by atomic mass is 79.9. The van der Waals surface area contributed by atoms with E-state index in [1.165, 1.54) is 0 Å². The topological polar surface area (TPSA) is 50.4 Å². The quantitative estimate of drug-likeness (QED) is 0.855. The van der Waals surface area contributed by atoms with Crippen molar-refractivity contribution < 1.29 is 27.5 Å². The van der Waals surface area contributed by atoms with Gasteiger partial charge in [0.25, 0.3) is 0 Å². The van der Waals surface area contributed by atoms with Crippen molar-refractivity contribution in [1.29, 1.82) is 0 Å². The molecule has 0 amide bonds. The van der Waals surface area contributed by atoms with Gasteiger partial charge in [0, 0.05) is 0 Å². The number of aryl methyl sites for hydroxylation is 1. The van der Waals surface area contributed by atoms with E-state index in [1.54, 1.807) is 0 Å². The van der Waals surface area contributed by atoms with E-state index < -0.39 is 27.9 Å². The summed E-state index contributed by atoms with van der Waals surface area (Å²) >= 11 is 2.52. The first-order valence-corrected chi connectivity index (χ1v) is 4.13. The van der Waals surface area contributed by atoms with Crippen LogP contribution in [0.3, 0.4) is 0 Å². The summed E-state index contributed by atoms with van der Waals surface area (Å²) in [5, 5.41) is 8.54. The molecule has 1 aromatic heterocycles. The van der Waals surface area contributed by atoms with E-state index in [-0.39, 0.29) is 5.76 Å². The molecule has 14 heavy (non-hydrogen) atoms. The van der Waals surface area contributed by atoms with Crippen LogP contribution in [0.2, 0.25) is 0 Å². The molecule has 0 aliphatic heterocycles. The normalized spacial score (nSPS) is 11.8. The fourth-order valence-electron chi connectivity index (χ4n) is 1.02. The molecule has 0 unspecified atom stereocenters. The van der Waals surface area contributed by atoms with Gasteiger partial charge in [-0.25, -0.2) is 4.79 Å². The lowest BCUT2D eigenvalue weighted by atomic mass is 10.1. The largest absolute Gasteiger partial charge is 0.478 e. The van der Waals surface area contributed by atoms with Gasteiger partial charge in [0.2, 0.25) is 0 Å². The molecule has 0 fully saturated rings. The number of carboxylic acid groups (broad SMARTS) is 1. The Hall–Kier alpha value is -0.980. The molecule has 0 aliphatic carbocycles. The van der Waals surface area contributed by atoms with Crippen molar-refractivity contribution in [3.8, 4) is 0 Å². The number of hydrogen-bond acceptors (Lipinski definition) is 2. The Kier molecular flexibility index (Phi) is 2.62. The molecule has 3 nitrogen and oxygen atoms in total. The van der Waals surface area contributed by atoms with Crippen molar-refractivity contribution in [1.82, 2.24) is 0 Å². The van der Waals surface area contributed by atoms with E-state index >= 15 is 0 Å². The van der Waals surface area contributed by atoms with Crippen molar-refractivity contribution in [3.63, 3.8) is 0 Å². The highest BCUT2D eigenvalue weighted by molar-refractivity contribution is 9.10. The van der Waals surface area contributed by atoms with Crippen LogP contribution in [0.25, 0.3) is 0 Å². The molecule has 0 saturated carbocycles. The number of rotatable bonds is 1. The van der Waals surface area contributed by atoms with Gasteiger partial charge in [-0.05, 0) is 22.9 Å². The van der Waals surface area contributed by atoms with E-state index in [0.717, 1.165) is 6.92 Å². The molecule has 0 spiro atoms. The summed E-state index contributed by atoms with van der Waals surface area (Å²) in [6, 6.07) is 0. The number of aromatic carboxylic acids is 1. The molecule has 1 aromatic rings. The molecule has 0 atom stereocenters. The van der Waals surface area contributed by atoms with Gasteiger partial charge in [-0.1, -0.05) is 0 Å². The third kappa shape index (κ3) is 1.77. The maximum atomic E-state index is 12.3. The van der Waals surface area contributed by atoms with E-state index in [1.807, 2.05) is 0 Å².